The highest BCUT2D eigenvalue weighted by Crippen LogP contribution is 2.22. The molecule has 0 bridgehead atoms. The first-order valence-electron chi connectivity index (χ1n) is 7.62. The fourth-order valence-corrected chi connectivity index (χ4v) is 2.79. The summed E-state index contributed by atoms with van der Waals surface area (Å²) >= 11 is 0. The lowest BCUT2D eigenvalue weighted by Crippen LogP contribution is -2.31. The van der Waals surface area contributed by atoms with E-state index in [0.717, 1.165) is 18.5 Å². The molecule has 1 aliphatic rings. The maximum absolute atomic E-state index is 11.9. The lowest BCUT2D eigenvalue weighted by molar-refractivity contribution is -0.120. The summed E-state index contributed by atoms with van der Waals surface area (Å²) in [5.41, 5.74) is 2.43. The average molecular weight is 259 g/mol. The highest BCUT2D eigenvalue weighted by Gasteiger charge is 2.14. The van der Waals surface area contributed by atoms with Gasteiger partial charge in [-0.1, -0.05) is 50.5 Å². The molecule has 0 unspecified atom stereocenters. The molecule has 1 aromatic rings. The second kappa shape index (κ2) is 7.32. The molecule has 0 heterocycles. The zero-order valence-electron chi connectivity index (χ0n) is 12.0. The number of amides is 1. The summed E-state index contributed by atoms with van der Waals surface area (Å²) in [5, 5.41) is 3.09. The Morgan fingerprint density at radius 3 is 2.37 bits per heavy atom. The van der Waals surface area contributed by atoms with Gasteiger partial charge in [0, 0.05) is 6.54 Å². The lowest BCUT2D eigenvalue weighted by atomic mass is 9.89. The lowest BCUT2D eigenvalue weighted by Gasteiger charge is -2.21. The first kappa shape index (κ1) is 14.1. The molecule has 0 spiro atoms. The van der Waals surface area contributed by atoms with Crippen LogP contribution in [-0.4, -0.2) is 12.5 Å². The van der Waals surface area contributed by atoms with Crippen molar-refractivity contribution in [1.82, 2.24) is 5.32 Å². The van der Waals surface area contributed by atoms with E-state index in [4.69, 9.17) is 0 Å². The van der Waals surface area contributed by atoms with E-state index in [2.05, 4.69) is 36.5 Å². The van der Waals surface area contributed by atoms with Crippen LogP contribution in [-0.2, 0) is 17.6 Å². The van der Waals surface area contributed by atoms with E-state index in [1.54, 1.807) is 0 Å². The number of carbonyl (C=O) groups excluding carboxylic acids is 1. The van der Waals surface area contributed by atoms with E-state index < -0.39 is 0 Å². The maximum atomic E-state index is 11.9. The number of carbonyl (C=O) groups is 1. The molecular weight excluding hydrogens is 234 g/mol. The minimum atomic E-state index is 0.162. The van der Waals surface area contributed by atoms with Gasteiger partial charge in [-0.05, 0) is 36.3 Å². The number of benzene rings is 1. The summed E-state index contributed by atoms with van der Waals surface area (Å²) in [7, 11) is 0. The van der Waals surface area contributed by atoms with Gasteiger partial charge in [0.1, 0.15) is 0 Å². The van der Waals surface area contributed by atoms with Crippen molar-refractivity contribution in [2.24, 2.45) is 5.92 Å². The van der Waals surface area contributed by atoms with Crippen LogP contribution in [0.1, 0.15) is 50.2 Å². The number of rotatable bonds is 5. The third-order valence-electron chi connectivity index (χ3n) is 4.11. The van der Waals surface area contributed by atoms with Crippen LogP contribution in [0.3, 0.4) is 0 Å². The molecule has 0 atom stereocenters. The van der Waals surface area contributed by atoms with Crippen molar-refractivity contribution in [3.8, 4) is 0 Å². The molecular formula is C17H25NO. The van der Waals surface area contributed by atoms with Crippen LogP contribution in [0.4, 0.5) is 0 Å². The normalized spacial score (nSPS) is 16.3. The summed E-state index contributed by atoms with van der Waals surface area (Å²) < 4.78 is 0. The Morgan fingerprint density at radius 1 is 1.11 bits per heavy atom. The van der Waals surface area contributed by atoms with Gasteiger partial charge in [0.05, 0.1) is 6.42 Å². The van der Waals surface area contributed by atoms with Crippen LogP contribution >= 0.6 is 0 Å². The highest BCUT2D eigenvalue weighted by molar-refractivity contribution is 5.78. The zero-order valence-corrected chi connectivity index (χ0v) is 12.0. The minimum absolute atomic E-state index is 0.162. The average Bonchev–Trinajstić information content (AvgIpc) is 2.47. The second-order valence-electron chi connectivity index (χ2n) is 5.65. The molecule has 1 N–H and O–H groups in total. The van der Waals surface area contributed by atoms with Crippen molar-refractivity contribution in [1.29, 1.82) is 0 Å². The molecule has 0 radical (unpaired) electrons. The highest BCUT2D eigenvalue weighted by atomic mass is 16.1. The molecule has 19 heavy (non-hydrogen) atoms. The quantitative estimate of drug-likeness (QED) is 0.861. The third kappa shape index (κ3) is 4.70. The first-order chi connectivity index (χ1) is 9.28. The summed E-state index contributed by atoms with van der Waals surface area (Å²) in [5.74, 6) is 0.870. The van der Waals surface area contributed by atoms with Gasteiger partial charge in [-0.3, -0.25) is 4.79 Å². The van der Waals surface area contributed by atoms with E-state index in [1.165, 1.54) is 37.7 Å². The molecule has 104 valence electrons. The fraction of sp³-hybridized carbons (Fsp3) is 0.588. The Labute approximate surface area is 116 Å². The SMILES string of the molecule is CCc1ccc(CC(=O)NCC2CCCCC2)cc1. The third-order valence-corrected chi connectivity index (χ3v) is 4.11. The summed E-state index contributed by atoms with van der Waals surface area (Å²) in [4.78, 5) is 11.9. The molecule has 1 saturated carbocycles. The van der Waals surface area contributed by atoms with Crippen LogP contribution < -0.4 is 5.32 Å². The molecule has 2 nitrogen and oxygen atoms in total. The molecule has 0 aromatic heterocycles. The van der Waals surface area contributed by atoms with Crippen molar-refractivity contribution in [3.05, 3.63) is 35.4 Å². The number of nitrogens with one attached hydrogen (secondary N) is 1. The predicted molar refractivity (Wildman–Crippen MR) is 79.1 cm³/mol. The molecule has 1 fully saturated rings. The van der Waals surface area contributed by atoms with Crippen LogP contribution in [0.25, 0.3) is 0 Å². The molecule has 1 aliphatic carbocycles. The minimum Gasteiger partial charge on any atom is -0.356 e. The van der Waals surface area contributed by atoms with E-state index in [0.29, 0.717) is 12.3 Å². The molecule has 1 amide bonds. The number of hydrogen-bond donors (Lipinski definition) is 1. The van der Waals surface area contributed by atoms with E-state index in [-0.39, 0.29) is 5.91 Å². The van der Waals surface area contributed by atoms with Gasteiger partial charge in [0.25, 0.3) is 0 Å². The predicted octanol–water partition coefficient (Wildman–Crippen LogP) is 3.49. The van der Waals surface area contributed by atoms with Gasteiger partial charge < -0.3 is 5.32 Å². The largest absolute Gasteiger partial charge is 0.356 e. The van der Waals surface area contributed by atoms with Gasteiger partial charge in [-0.2, -0.15) is 0 Å². The van der Waals surface area contributed by atoms with Gasteiger partial charge in [-0.25, -0.2) is 0 Å². The molecule has 1 aromatic carbocycles. The standard InChI is InChI=1S/C17H25NO/c1-2-14-8-10-15(11-9-14)12-17(19)18-13-16-6-4-3-5-7-16/h8-11,16H,2-7,12-13H2,1H3,(H,18,19). The molecule has 2 heteroatoms. The summed E-state index contributed by atoms with van der Waals surface area (Å²) in [6, 6.07) is 8.37. The van der Waals surface area contributed by atoms with Crippen molar-refractivity contribution in [2.45, 2.75) is 51.9 Å². The van der Waals surface area contributed by atoms with Crippen molar-refractivity contribution in [2.75, 3.05) is 6.54 Å². The van der Waals surface area contributed by atoms with Crippen molar-refractivity contribution < 1.29 is 4.79 Å². The summed E-state index contributed by atoms with van der Waals surface area (Å²) in [6.45, 7) is 3.01. The Kier molecular flexibility index (Phi) is 5.44. The van der Waals surface area contributed by atoms with E-state index >= 15 is 0 Å². The van der Waals surface area contributed by atoms with E-state index in [1.807, 2.05) is 0 Å². The van der Waals surface area contributed by atoms with E-state index in [9.17, 15) is 4.79 Å². The van der Waals surface area contributed by atoms with Crippen LogP contribution in [0.2, 0.25) is 0 Å². The summed E-state index contributed by atoms with van der Waals surface area (Å²) in [6.07, 6.45) is 8.16. The number of aryl methyl sites for hydroxylation is 1. The Bertz CT molecular complexity index is 390. The topological polar surface area (TPSA) is 29.1 Å². The van der Waals surface area contributed by atoms with Gasteiger partial charge >= 0.3 is 0 Å². The number of hydrogen-bond acceptors (Lipinski definition) is 1. The Balaban J connectivity index is 1.73. The monoisotopic (exact) mass is 259 g/mol. The zero-order chi connectivity index (χ0) is 13.5. The molecule has 0 saturated heterocycles. The Hall–Kier alpha value is -1.31. The fourth-order valence-electron chi connectivity index (χ4n) is 2.79. The van der Waals surface area contributed by atoms with Crippen molar-refractivity contribution >= 4 is 5.91 Å². The van der Waals surface area contributed by atoms with Gasteiger partial charge in [-0.15, -0.1) is 0 Å². The van der Waals surface area contributed by atoms with Gasteiger partial charge in [0.2, 0.25) is 5.91 Å². The van der Waals surface area contributed by atoms with Crippen LogP contribution in [0.5, 0.6) is 0 Å². The van der Waals surface area contributed by atoms with Crippen molar-refractivity contribution in [3.63, 3.8) is 0 Å². The molecule has 0 aliphatic heterocycles. The van der Waals surface area contributed by atoms with Gasteiger partial charge in [0.15, 0.2) is 0 Å². The molecule has 2 rings (SSSR count). The maximum Gasteiger partial charge on any atom is 0.224 e. The van der Waals surface area contributed by atoms with Crippen LogP contribution in [0, 0.1) is 5.92 Å². The second-order valence-corrected chi connectivity index (χ2v) is 5.65. The smallest absolute Gasteiger partial charge is 0.224 e. The Morgan fingerprint density at radius 2 is 1.74 bits per heavy atom. The van der Waals surface area contributed by atoms with Crippen LogP contribution in [0.15, 0.2) is 24.3 Å². The first-order valence-corrected chi connectivity index (χ1v) is 7.62.